The summed E-state index contributed by atoms with van der Waals surface area (Å²) in [6.07, 6.45) is 2.87. The van der Waals surface area contributed by atoms with Crippen LogP contribution in [-0.4, -0.2) is 18.7 Å². The van der Waals surface area contributed by atoms with Gasteiger partial charge in [-0.25, -0.2) is 4.79 Å². The van der Waals surface area contributed by atoms with E-state index in [-0.39, 0.29) is 12.1 Å². The van der Waals surface area contributed by atoms with Gasteiger partial charge >= 0.3 is 5.97 Å². The van der Waals surface area contributed by atoms with Crippen molar-refractivity contribution >= 4 is 5.97 Å². The third-order valence-corrected chi connectivity index (χ3v) is 2.36. The summed E-state index contributed by atoms with van der Waals surface area (Å²) < 4.78 is 10.3. The lowest BCUT2D eigenvalue weighted by atomic mass is 10.2. The van der Waals surface area contributed by atoms with Crippen molar-refractivity contribution < 1.29 is 14.3 Å². The molecule has 0 amide bonds. The number of carbonyl (C=O) groups excluding carboxylic acids is 1. The van der Waals surface area contributed by atoms with Gasteiger partial charge in [0, 0.05) is 0 Å². The summed E-state index contributed by atoms with van der Waals surface area (Å²) in [5.74, 6) is -0.353. The molecule has 0 spiro atoms. The van der Waals surface area contributed by atoms with Gasteiger partial charge in [0.05, 0.1) is 18.4 Å². The van der Waals surface area contributed by atoms with Gasteiger partial charge in [0.2, 0.25) is 0 Å². The van der Waals surface area contributed by atoms with Crippen LogP contribution in [0.15, 0.2) is 54.8 Å². The average molecular weight is 246 g/mol. The molecule has 0 saturated heterocycles. The minimum Gasteiger partial charge on any atom is -0.501 e. The Hall–Kier alpha value is -2.03. The van der Waals surface area contributed by atoms with Gasteiger partial charge in [-0.3, -0.25) is 0 Å². The highest BCUT2D eigenvalue weighted by atomic mass is 16.5. The van der Waals surface area contributed by atoms with E-state index in [0.29, 0.717) is 17.7 Å². The van der Waals surface area contributed by atoms with E-state index in [1.54, 1.807) is 43.5 Å². The van der Waals surface area contributed by atoms with Crippen molar-refractivity contribution in [2.24, 2.45) is 0 Å². The standard InChI is InChI=1S/C15H18O3/c1-4-17-11-10-12(2)13(3)18-15(16)14-8-6-5-7-9-14/h5-11,13H,2,4H2,1,3H3/b11-10+. The average Bonchev–Trinajstić information content (AvgIpc) is 2.39. The molecule has 0 aliphatic heterocycles. The summed E-state index contributed by atoms with van der Waals surface area (Å²) >= 11 is 0. The molecule has 0 saturated carbocycles. The molecule has 0 aliphatic rings. The first kappa shape index (κ1) is 14.0. The summed E-state index contributed by atoms with van der Waals surface area (Å²) in [4.78, 5) is 11.8. The maximum absolute atomic E-state index is 11.8. The van der Waals surface area contributed by atoms with Gasteiger partial charge in [-0.2, -0.15) is 0 Å². The molecular weight excluding hydrogens is 228 g/mol. The van der Waals surface area contributed by atoms with Crippen molar-refractivity contribution in [1.82, 2.24) is 0 Å². The van der Waals surface area contributed by atoms with Gasteiger partial charge in [-0.15, -0.1) is 0 Å². The predicted octanol–water partition coefficient (Wildman–Crippen LogP) is 3.34. The smallest absolute Gasteiger partial charge is 0.338 e. The Balaban J connectivity index is 2.52. The molecule has 1 rings (SSSR count). The zero-order chi connectivity index (χ0) is 13.4. The number of rotatable bonds is 6. The molecule has 1 unspecified atom stereocenters. The van der Waals surface area contributed by atoms with Crippen molar-refractivity contribution in [3.63, 3.8) is 0 Å². The molecule has 1 atom stereocenters. The van der Waals surface area contributed by atoms with Crippen LogP contribution in [0.5, 0.6) is 0 Å². The number of benzene rings is 1. The van der Waals surface area contributed by atoms with Crippen LogP contribution in [0.25, 0.3) is 0 Å². The van der Waals surface area contributed by atoms with Crippen LogP contribution < -0.4 is 0 Å². The second kappa shape index (κ2) is 7.33. The fourth-order valence-electron chi connectivity index (χ4n) is 1.25. The highest BCUT2D eigenvalue weighted by Crippen LogP contribution is 2.10. The Labute approximate surface area is 108 Å². The van der Waals surface area contributed by atoms with Gasteiger partial charge in [-0.05, 0) is 37.6 Å². The second-order valence-electron chi connectivity index (χ2n) is 3.75. The van der Waals surface area contributed by atoms with Gasteiger partial charge in [-0.1, -0.05) is 24.8 Å². The Morgan fingerprint density at radius 3 is 2.67 bits per heavy atom. The van der Waals surface area contributed by atoms with Crippen molar-refractivity contribution in [1.29, 1.82) is 0 Å². The molecule has 3 heteroatoms. The molecule has 0 radical (unpaired) electrons. The zero-order valence-corrected chi connectivity index (χ0v) is 10.8. The Bertz CT molecular complexity index is 421. The molecule has 96 valence electrons. The van der Waals surface area contributed by atoms with Crippen molar-refractivity contribution in [3.8, 4) is 0 Å². The first-order chi connectivity index (χ1) is 8.65. The van der Waals surface area contributed by atoms with E-state index in [1.165, 1.54) is 0 Å². The molecule has 18 heavy (non-hydrogen) atoms. The van der Waals surface area contributed by atoms with E-state index < -0.39 is 0 Å². The molecule has 3 nitrogen and oxygen atoms in total. The van der Waals surface area contributed by atoms with Crippen molar-refractivity contribution in [2.45, 2.75) is 20.0 Å². The first-order valence-corrected chi connectivity index (χ1v) is 5.88. The monoisotopic (exact) mass is 246 g/mol. The zero-order valence-electron chi connectivity index (χ0n) is 10.8. The molecule has 0 bridgehead atoms. The third-order valence-electron chi connectivity index (χ3n) is 2.36. The van der Waals surface area contributed by atoms with Crippen LogP contribution in [0.1, 0.15) is 24.2 Å². The number of hydrogen-bond acceptors (Lipinski definition) is 3. The molecule has 1 aromatic carbocycles. The molecule has 0 fully saturated rings. The van der Waals surface area contributed by atoms with E-state index in [4.69, 9.17) is 9.47 Å². The van der Waals surface area contributed by atoms with E-state index in [9.17, 15) is 4.79 Å². The third kappa shape index (κ3) is 4.45. The summed E-state index contributed by atoms with van der Waals surface area (Å²) in [7, 11) is 0. The Morgan fingerprint density at radius 2 is 2.06 bits per heavy atom. The molecule has 1 aromatic rings. The lowest BCUT2D eigenvalue weighted by molar-refractivity contribution is 0.0411. The Kier molecular flexibility index (Phi) is 5.71. The fraction of sp³-hybridized carbons (Fsp3) is 0.267. The van der Waals surface area contributed by atoms with Gasteiger partial charge in [0.15, 0.2) is 0 Å². The topological polar surface area (TPSA) is 35.5 Å². The normalized spacial score (nSPS) is 12.1. The summed E-state index contributed by atoms with van der Waals surface area (Å²) in [6.45, 7) is 8.10. The van der Waals surface area contributed by atoms with Crippen LogP contribution in [0, 0.1) is 0 Å². The SMILES string of the molecule is C=C(/C=C/OCC)C(C)OC(=O)c1ccccc1. The summed E-state index contributed by atoms with van der Waals surface area (Å²) in [6, 6.07) is 8.88. The molecule has 0 aliphatic carbocycles. The van der Waals surface area contributed by atoms with Crippen LogP contribution in [0.4, 0.5) is 0 Å². The van der Waals surface area contributed by atoms with Crippen LogP contribution in [-0.2, 0) is 9.47 Å². The molecule has 0 N–H and O–H groups in total. The van der Waals surface area contributed by atoms with E-state index in [1.807, 2.05) is 13.0 Å². The Morgan fingerprint density at radius 1 is 1.39 bits per heavy atom. The van der Waals surface area contributed by atoms with E-state index in [2.05, 4.69) is 6.58 Å². The van der Waals surface area contributed by atoms with Gasteiger partial charge in [0.25, 0.3) is 0 Å². The highest BCUT2D eigenvalue weighted by molar-refractivity contribution is 5.89. The number of ether oxygens (including phenoxy) is 2. The summed E-state index contributed by atoms with van der Waals surface area (Å²) in [5.41, 5.74) is 1.22. The van der Waals surface area contributed by atoms with Crippen LogP contribution in [0.2, 0.25) is 0 Å². The van der Waals surface area contributed by atoms with E-state index >= 15 is 0 Å². The second-order valence-corrected chi connectivity index (χ2v) is 3.75. The molecule has 0 aromatic heterocycles. The van der Waals surface area contributed by atoms with Gasteiger partial charge < -0.3 is 9.47 Å². The van der Waals surface area contributed by atoms with E-state index in [0.717, 1.165) is 0 Å². The van der Waals surface area contributed by atoms with Gasteiger partial charge in [0.1, 0.15) is 6.10 Å². The minimum atomic E-state index is -0.380. The van der Waals surface area contributed by atoms with Crippen molar-refractivity contribution in [3.05, 3.63) is 60.4 Å². The lowest BCUT2D eigenvalue weighted by Gasteiger charge is -2.13. The quantitative estimate of drug-likeness (QED) is 0.439. The molecular formula is C15H18O3. The summed E-state index contributed by atoms with van der Waals surface area (Å²) in [5, 5.41) is 0. The first-order valence-electron chi connectivity index (χ1n) is 5.88. The predicted molar refractivity (Wildman–Crippen MR) is 71.2 cm³/mol. The largest absolute Gasteiger partial charge is 0.501 e. The minimum absolute atomic E-state index is 0.353. The number of carbonyl (C=O) groups is 1. The highest BCUT2D eigenvalue weighted by Gasteiger charge is 2.12. The van der Waals surface area contributed by atoms with Crippen LogP contribution in [0.3, 0.4) is 0 Å². The maximum atomic E-state index is 11.8. The van der Waals surface area contributed by atoms with Crippen LogP contribution >= 0.6 is 0 Å². The fourth-order valence-corrected chi connectivity index (χ4v) is 1.25. The number of hydrogen-bond donors (Lipinski definition) is 0. The number of esters is 1. The lowest BCUT2D eigenvalue weighted by Crippen LogP contribution is -2.16. The van der Waals surface area contributed by atoms with Crippen molar-refractivity contribution in [2.75, 3.05) is 6.61 Å². The molecule has 0 heterocycles. The maximum Gasteiger partial charge on any atom is 0.338 e.